The van der Waals surface area contributed by atoms with E-state index in [0.717, 1.165) is 12.8 Å². The number of amides is 1. The van der Waals surface area contributed by atoms with Gasteiger partial charge in [0.25, 0.3) is 5.91 Å². The number of carbonyl (C=O) groups excluding carboxylic acids is 1. The summed E-state index contributed by atoms with van der Waals surface area (Å²) in [5.41, 5.74) is 4.61. The van der Waals surface area contributed by atoms with Crippen LogP contribution in [0.5, 0.6) is 11.5 Å². The van der Waals surface area contributed by atoms with Crippen molar-refractivity contribution in [2.75, 3.05) is 0 Å². The molecule has 1 aliphatic rings. The fourth-order valence-corrected chi connectivity index (χ4v) is 4.11. The number of benzene rings is 1. The third-order valence-corrected chi connectivity index (χ3v) is 5.45. The summed E-state index contributed by atoms with van der Waals surface area (Å²) in [6, 6.07) is 6.14. The molecule has 6 heteroatoms. The second-order valence-electron chi connectivity index (χ2n) is 6.25. The number of aryl methyl sites for hydroxylation is 1. The Morgan fingerprint density at radius 3 is 2.92 bits per heavy atom. The lowest BCUT2D eigenvalue weighted by atomic mass is 9.90. The van der Waals surface area contributed by atoms with Gasteiger partial charge in [-0.3, -0.25) is 4.79 Å². The van der Waals surface area contributed by atoms with Gasteiger partial charge in [0.05, 0.1) is 10.6 Å². The predicted octanol–water partition coefficient (Wildman–Crippen LogP) is 3.44. The van der Waals surface area contributed by atoms with E-state index >= 15 is 0 Å². The van der Waals surface area contributed by atoms with Crippen molar-refractivity contribution in [3.63, 3.8) is 0 Å². The molecule has 3 rings (SSSR count). The molecule has 0 bridgehead atoms. The minimum absolute atomic E-state index is 0.00359. The van der Waals surface area contributed by atoms with Crippen LogP contribution in [0.1, 0.15) is 45.9 Å². The molecule has 1 aromatic carbocycles. The van der Waals surface area contributed by atoms with Gasteiger partial charge in [-0.1, -0.05) is 6.92 Å². The van der Waals surface area contributed by atoms with Crippen molar-refractivity contribution in [3.05, 3.63) is 45.1 Å². The van der Waals surface area contributed by atoms with Gasteiger partial charge >= 0.3 is 0 Å². The Balaban J connectivity index is 1.74. The number of carbonyl (C=O) groups is 1. The van der Waals surface area contributed by atoms with E-state index in [2.05, 4.69) is 17.5 Å². The van der Waals surface area contributed by atoms with Crippen LogP contribution in [-0.4, -0.2) is 21.8 Å². The van der Waals surface area contributed by atoms with Crippen LogP contribution in [0, 0.1) is 5.92 Å². The number of hydrazone groups is 1. The van der Waals surface area contributed by atoms with Crippen LogP contribution in [0.2, 0.25) is 0 Å². The van der Waals surface area contributed by atoms with Gasteiger partial charge in [-0.25, -0.2) is 5.43 Å². The summed E-state index contributed by atoms with van der Waals surface area (Å²) in [6.07, 6.45) is 3.23. The first-order valence-electron chi connectivity index (χ1n) is 7.92. The van der Waals surface area contributed by atoms with Gasteiger partial charge in [0.15, 0.2) is 0 Å². The van der Waals surface area contributed by atoms with Crippen LogP contribution in [-0.2, 0) is 12.8 Å². The molecule has 0 aliphatic heterocycles. The van der Waals surface area contributed by atoms with Crippen molar-refractivity contribution < 1.29 is 15.0 Å². The number of aromatic hydroxyl groups is 2. The van der Waals surface area contributed by atoms with E-state index in [1.165, 1.54) is 46.4 Å². The minimum Gasteiger partial charge on any atom is -0.508 e. The molecule has 5 nitrogen and oxygen atoms in total. The summed E-state index contributed by atoms with van der Waals surface area (Å²) in [7, 11) is 0. The van der Waals surface area contributed by atoms with E-state index in [1.54, 1.807) is 6.92 Å². The van der Waals surface area contributed by atoms with E-state index in [-0.39, 0.29) is 17.4 Å². The average Bonchev–Trinajstić information content (AvgIpc) is 2.97. The molecule has 1 amide bonds. The van der Waals surface area contributed by atoms with E-state index in [4.69, 9.17) is 0 Å². The van der Waals surface area contributed by atoms with Crippen LogP contribution >= 0.6 is 11.3 Å². The zero-order valence-corrected chi connectivity index (χ0v) is 14.5. The van der Waals surface area contributed by atoms with Crippen molar-refractivity contribution in [1.29, 1.82) is 0 Å². The van der Waals surface area contributed by atoms with Crippen LogP contribution in [0.4, 0.5) is 0 Å². The second-order valence-corrected chi connectivity index (χ2v) is 7.38. The zero-order valence-electron chi connectivity index (χ0n) is 13.7. The van der Waals surface area contributed by atoms with Crippen molar-refractivity contribution in [3.8, 4) is 11.5 Å². The van der Waals surface area contributed by atoms with Crippen molar-refractivity contribution in [2.45, 2.75) is 33.1 Å². The normalized spacial score (nSPS) is 17.4. The molecule has 3 N–H and O–H groups in total. The van der Waals surface area contributed by atoms with E-state index in [9.17, 15) is 15.0 Å². The van der Waals surface area contributed by atoms with Crippen LogP contribution in [0.15, 0.2) is 29.4 Å². The number of thiophene rings is 1. The maximum atomic E-state index is 12.3. The molecule has 0 saturated heterocycles. The largest absolute Gasteiger partial charge is 0.508 e. The van der Waals surface area contributed by atoms with Crippen molar-refractivity contribution in [2.24, 2.45) is 11.0 Å². The number of hydrogen-bond donors (Lipinski definition) is 3. The smallest absolute Gasteiger partial charge is 0.281 e. The Hall–Kier alpha value is -2.34. The van der Waals surface area contributed by atoms with Gasteiger partial charge in [0.2, 0.25) is 0 Å². The van der Waals surface area contributed by atoms with Gasteiger partial charge in [-0.05, 0) is 61.9 Å². The van der Waals surface area contributed by atoms with Gasteiger partial charge in [0, 0.05) is 10.4 Å². The molecule has 2 aromatic rings. The number of fused-ring (bicyclic) bond motifs is 1. The topological polar surface area (TPSA) is 81.9 Å². The van der Waals surface area contributed by atoms with E-state index < -0.39 is 0 Å². The fraction of sp³-hybridized carbons (Fsp3) is 0.333. The van der Waals surface area contributed by atoms with Crippen molar-refractivity contribution >= 4 is 23.0 Å². The van der Waals surface area contributed by atoms with E-state index in [1.807, 2.05) is 6.07 Å². The summed E-state index contributed by atoms with van der Waals surface area (Å²) in [4.78, 5) is 14.3. The Morgan fingerprint density at radius 1 is 1.33 bits per heavy atom. The summed E-state index contributed by atoms with van der Waals surface area (Å²) < 4.78 is 0. The first-order valence-corrected chi connectivity index (χ1v) is 8.74. The summed E-state index contributed by atoms with van der Waals surface area (Å²) in [5.74, 6) is 0.453. The first-order chi connectivity index (χ1) is 11.4. The van der Waals surface area contributed by atoms with Crippen LogP contribution in [0.3, 0.4) is 0 Å². The van der Waals surface area contributed by atoms with Crippen LogP contribution < -0.4 is 5.43 Å². The maximum Gasteiger partial charge on any atom is 0.281 e. The van der Waals surface area contributed by atoms with Gasteiger partial charge in [-0.15, -0.1) is 11.3 Å². The number of nitrogens with one attached hydrogen (secondary N) is 1. The third-order valence-electron chi connectivity index (χ3n) is 4.26. The first kappa shape index (κ1) is 16.5. The molecule has 24 heavy (non-hydrogen) atoms. The number of rotatable bonds is 3. The molecule has 0 saturated carbocycles. The molecular weight excluding hydrogens is 324 g/mol. The van der Waals surface area contributed by atoms with E-state index in [0.29, 0.717) is 22.1 Å². The number of nitrogens with zero attached hydrogens (tertiary/aromatic N) is 1. The zero-order chi connectivity index (χ0) is 17.3. The quantitative estimate of drug-likeness (QED) is 0.453. The molecule has 1 aliphatic carbocycles. The molecule has 1 atom stereocenters. The minimum atomic E-state index is -0.249. The Labute approximate surface area is 144 Å². The SMILES string of the molecule is C/C(=N/NC(=O)c1cc2c(s1)C[C@@H](C)CC2)c1cc(O)ccc1O. The molecule has 0 spiro atoms. The maximum absolute atomic E-state index is 12.3. The number of phenolic OH excluding ortho intramolecular Hbond substituents is 2. The van der Waals surface area contributed by atoms with Crippen molar-refractivity contribution in [1.82, 2.24) is 5.43 Å². The Kier molecular flexibility index (Phi) is 4.57. The summed E-state index contributed by atoms with van der Waals surface area (Å²) in [5, 5.41) is 23.4. The molecule has 126 valence electrons. The average molecular weight is 344 g/mol. The standard InChI is InChI=1S/C18H20N2O3S/c1-10-3-4-12-8-17(24-16(12)7-10)18(23)20-19-11(2)14-9-13(21)5-6-15(14)22/h5-6,8-10,21-22H,3-4,7H2,1-2H3,(H,20,23)/b19-11-/t10-/m0/s1. The van der Waals surface area contributed by atoms with Gasteiger partial charge < -0.3 is 10.2 Å². The lowest BCUT2D eigenvalue weighted by molar-refractivity contribution is 0.0959. The molecule has 0 radical (unpaired) electrons. The number of hydrogen-bond acceptors (Lipinski definition) is 5. The second kappa shape index (κ2) is 6.65. The highest BCUT2D eigenvalue weighted by molar-refractivity contribution is 7.14. The number of phenols is 2. The molecule has 1 heterocycles. The summed E-state index contributed by atoms with van der Waals surface area (Å²) in [6.45, 7) is 3.90. The summed E-state index contributed by atoms with van der Waals surface area (Å²) >= 11 is 1.53. The Bertz CT molecular complexity index is 811. The molecule has 0 unspecified atom stereocenters. The monoisotopic (exact) mass is 344 g/mol. The molecule has 1 aromatic heterocycles. The molecule has 0 fully saturated rings. The predicted molar refractivity (Wildman–Crippen MR) is 95.0 cm³/mol. The fourth-order valence-electron chi connectivity index (χ4n) is 2.85. The van der Waals surface area contributed by atoms with Gasteiger partial charge in [-0.2, -0.15) is 5.10 Å². The highest BCUT2D eigenvalue weighted by atomic mass is 32.1. The highest BCUT2D eigenvalue weighted by Gasteiger charge is 2.20. The molecular formula is C18H20N2O3S. The van der Waals surface area contributed by atoms with Crippen LogP contribution in [0.25, 0.3) is 0 Å². The van der Waals surface area contributed by atoms with Gasteiger partial charge in [0.1, 0.15) is 11.5 Å². The third kappa shape index (κ3) is 3.43. The Morgan fingerprint density at radius 2 is 2.12 bits per heavy atom. The highest BCUT2D eigenvalue weighted by Crippen LogP contribution is 2.32. The lowest BCUT2D eigenvalue weighted by Gasteiger charge is -2.16. The lowest BCUT2D eigenvalue weighted by Crippen LogP contribution is -2.18.